The SMILES string of the molecule is CCC(C)NC(=O)C(CC)N(Cc1cccc(C)c1)C(=O)CCCN(c1cccc(C(F)(F)F)c1)S(C)(=O)=O. The van der Waals surface area contributed by atoms with Crippen LogP contribution >= 0.6 is 0 Å². The second-order valence-corrected chi connectivity index (χ2v) is 11.6. The first-order chi connectivity index (χ1) is 18.2. The monoisotopic (exact) mass is 569 g/mol. The maximum Gasteiger partial charge on any atom is 0.416 e. The van der Waals surface area contributed by atoms with Gasteiger partial charge in [0.15, 0.2) is 0 Å². The minimum absolute atomic E-state index is 0.0515. The third kappa shape index (κ3) is 9.56. The molecule has 0 aliphatic rings. The summed E-state index contributed by atoms with van der Waals surface area (Å²) in [6.07, 6.45) is -2.66. The number of anilines is 1. The molecule has 0 aliphatic heterocycles. The van der Waals surface area contributed by atoms with E-state index >= 15 is 0 Å². The summed E-state index contributed by atoms with van der Waals surface area (Å²) in [7, 11) is -3.93. The number of carbonyl (C=O) groups excluding carboxylic acids is 2. The maximum atomic E-state index is 13.5. The van der Waals surface area contributed by atoms with E-state index in [-0.39, 0.29) is 49.5 Å². The third-order valence-electron chi connectivity index (χ3n) is 6.44. The molecule has 0 aliphatic carbocycles. The molecule has 0 aromatic heterocycles. The van der Waals surface area contributed by atoms with Crippen LogP contribution in [0.3, 0.4) is 0 Å². The number of rotatable bonds is 13. The number of nitrogens with one attached hydrogen (secondary N) is 1. The largest absolute Gasteiger partial charge is 0.416 e. The third-order valence-corrected chi connectivity index (χ3v) is 7.63. The molecule has 2 rings (SSSR count). The molecule has 2 atom stereocenters. The molecule has 11 heteroatoms. The molecule has 39 heavy (non-hydrogen) atoms. The van der Waals surface area contributed by atoms with Crippen molar-refractivity contribution in [2.24, 2.45) is 0 Å². The van der Waals surface area contributed by atoms with Gasteiger partial charge >= 0.3 is 6.18 Å². The minimum atomic E-state index is -4.63. The Kier molecular flexibility index (Phi) is 11.4. The molecule has 2 amide bonds. The second kappa shape index (κ2) is 13.8. The molecule has 216 valence electrons. The summed E-state index contributed by atoms with van der Waals surface area (Å²) in [4.78, 5) is 28.1. The fraction of sp³-hybridized carbons (Fsp3) is 0.500. The van der Waals surface area contributed by atoms with Crippen LogP contribution in [0.2, 0.25) is 0 Å². The molecule has 0 saturated heterocycles. The molecular weight excluding hydrogens is 531 g/mol. The van der Waals surface area contributed by atoms with Crippen LogP contribution in [0, 0.1) is 6.92 Å². The number of amides is 2. The standard InChI is InChI=1S/C28H38F3N3O4S/c1-6-21(4)32-27(36)25(7-2)33(19-22-12-8-11-20(3)17-22)26(35)15-10-16-34(39(5,37)38)24-14-9-13-23(18-24)28(29,30)31/h8-9,11-14,17-18,21,25H,6-7,10,15-16,19H2,1-5H3,(H,32,36). The van der Waals surface area contributed by atoms with Crippen LogP contribution in [0.5, 0.6) is 0 Å². The Bertz CT molecular complexity index is 1230. The van der Waals surface area contributed by atoms with Gasteiger partial charge < -0.3 is 10.2 Å². The van der Waals surface area contributed by atoms with Crippen LogP contribution in [0.4, 0.5) is 18.9 Å². The zero-order valence-corrected chi connectivity index (χ0v) is 23.9. The second-order valence-electron chi connectivity index (χ2n) is 9.74. The molecule has 2 aromatic rings. The molecule has 7 nitrogen and oxygen atoms in total. The molecule has 0 radical (unpaired) electrons. The number of halogens is 3. The van der Waals surface area contributed by atoms with Crippen molar-refractivity contribution in [1.29, 1.82) is 0 Å². The van der Waals surface area contributed by atoms with Gasteiger partial charge in [-0.1, -0.05) is 49.7 Å². The number of benzene rings is 2. The van der Waals surface area contributed by atoms with Crippen LogP contribution in [0.25, 0.3) is 0 Å². The van der Waals surface area contributed by atoms with Crippen molar-refractivity contribution >= 4 is 27.5 Å². The van der Waals surface area contributed by atoms with Crippen molar-refractivity contribution in [3.63, 3.8) is 0 Å². The first-order valence-electron chi connectivity index (χ1n) is 13.0. The van der Waals surface area contributed by atoms with Gasteiger partial charge in [-0.05, 0) is 56.9 Å². The Morgan fingerprint density at radius 2 is 1.69 bits per heavy atom. The summed E-state index contributed by atoms with van der Waals surface area (Å²) in [5, 5.41) is 2.93. The fourth-order valence-electron chi connectivity index (χ4n) is 4.21. The average Bonchev–Trinajstić information content (AvgIpc) is 2.85. The van der Waals surface area contributed by atoms with Gasteiger partial charge in [0.1, 0.15) is 6.04 Å². The van der Waals surface area contributed by atoms with E-state index in [9.17, 15) is 31.2 Å². The minimum Gasteiger partial charge on any atom is -0.352 e. The fourth-order valence-corrected chi connectivity index (χ4v) is 5.17. The van der Waals surface area contributed by atoms with Gasteiger partial charge in [-0.3, -0.25) is 13.9 Å². The van der Waals surface area contributed by atoms with Gasteiger partial charge in [0.2, 0.25) is 21.8 Å². The van der Waals surface area contributed by atoms with E-state index in [4.69, 9.17) is 0 Å². The summed E-state index contributed by atoms with van der Waals surface area (Å²) in [5.41, 5.74) is 0.754. The predicted octanol–water partition coefficient (Wildman–Crippen LogP) is 5.28. The van der Waals surface area contributed by atoms with E-state index < -0.39 is 27.8 Å². The van der Waals surface area contributed by atoms with E-state index in [1.807, 2.05) is 52.0 Å². The van der Waals surface area contributed by atoms with Gasteiger partial charge in [-0.2, -0.15) is 13.2 Å². The lowest BCUT2D eigenvalue weighted by Gasteiger charge is -2.32. The highest BCUT2D eigenvalue weighted by molar-refractivity contribution is 7.92. The molecular formula is C28H38F3N3O4S. The molecule has 2 unspecified atom stereocenters. The smallest absolute Gasteiger partial charge is 0.352 e. The highest BCUT2D eigenvalue weighted by Crippen LogP contribution is 2.32. The lowest BCUT2D eigenvalue weighted by molar-refractivity contribution is -0.141. The van der Waals surface area contributed by atoms with E-state index in [1.165, 1.54) is 11.0 Å². The summed E-state index contributed by atoms with van der Waals surface area (Å²) in [6, 6.07) is 10.9. The predicted molar refractivity (Wildman–Crippen MR) is 147 cm³/mol. The van der Waals surface area contributed by atoms with Crippen molar-refractivity contribution in [2.45, 2.75) is 78.2 Å². The number of alkyl halides is 3. The van der Waals surface area contributed by atoms with E-state index in [1.54, 1.807) is 0 Å². The Morgan fingerprint density at radius 1 is 1.03 bits per heavy atom. The van der Waals surface area contributed by atoms with Gasteiger partial charge in [0.25, 0.3) is 0 Å². The molecule has 0 bridgehead atoms. The normalized spacial score (nSPS) is 13.4. The van der Waals surface area contributed by atoms with E-state index in [0.29, 0.717) is 6.42 Å². The van der Waals surface area contributed by atoms with Crippen molar-refractivity contribution in [3.8, 4) is 0 Å². The number of nitrogens with zero attached hydrogens (tertiary/aromatic N) is 2. The lowest BCUT2D eigenvalue weighted by atomic mass is 10.1. The number of hydrogen-bond donors (Lipinski definition) is 1. The molecule has 0 spiro atoms. The van der Waals surface area contributed by atoms with Crippen molar-refractivity contribution in [1.82, 2.24) is 10.2 Å². The summed E-state index contributed by atoms with van der Waals surface area (Å²) in [5.74, 6) is -0.616. The van der Waals surface area contributed by atoms with Crippen LogP contribution in [-0.4, -0.2) is 50.0 Å². The molecule has 1 N–H and O–H groups in total. The molecule has 0 heterocycles. The Morgan fingerprint density at radius 3 is 2.26 bits per heavy atom. The van der Waals surface area contributed by atoms with E-state index in [0.717, 1.165) is 46.3 Å². The Hall–Kier alpha value is -3.08. The van der Waals surface area contributed by atoms with E-state index in [2.05, 4.69) is 5.32 Å². The van der Waals surface area contributed by atoms with Crippen molar-refractivity contribution in [3.05, 3.63) is 65.2 Å². The topological polar surface area (TPSA) is 86.8 Å². The number of sulfonamides is 1. The van der Waals surface area contributed by atoms with Gasteiger partial charge in [-0.15, -0.1) is 0 Å². The summed E-state index contributed by atoms with van der Waals surface area (Å²) >= 11 is 0. The zero-order chi connectivity index (χ0) is 29.4. The van der Waals surface area contributed by atoms with Crippen LogP contribution in [0.15, 0.2) is 48.5 Å². The number of hydrogen-bond acceptors (Lipinski definition) is 4. The summed E-state index contributed by atoms with van der Waals surface area (Å²) < 4.78 is 65.4. The zero-order valence-electron chi connectivity index (χ0n) is 23.1. The highest BCUT2D eigenvalue weighted by Gasteiger charge is 2.32. The first kappa shape index (κ1) is 32.1. The number of carbonyl (C=O) groups is 2. The van der Waals surface area contributed by atoms with Crippen LogP contribution < -0.4 is 9.62 Å². The molecule has 0 saturated carbocycles. The van der Waals surface area contributed by atoms with Gasteiger partial charge in [-0.25, -0.2) is 8.42 Å². The first-order valence-corrected chi connectivity index (χ1v) is 14.8. The quantitative estimate of drug-likeness (QED) is 0.356. The van der Waals surface area contributed by atoms with Crippen molar-refractivity contribution in [2.75, 3.05) is 17.1 Å². The summed E-state index contributed by atoms with van der Waals surface area (Å²) in [6.45, 7) is 7.56. The average molecular weight is 570 g/mol. The Balaban J connectivity index is 2.27. The van der Waals surface area contributed by atoms with Crippen LogP contribution in [-0.2, 0) is 32.3 Å². The Labute approximate surface area is 229 Å². The molecule has 0 fully saturated rings. The lowest BCUT2D eigenvalue weighted by Crippen LogP contribution is -2.50. The van der Waals surface area contributed by atoms with Crippen LogP contribution in [0.1, 0.15) is 63.1 Å². The molecule has 2 aromatic carbocycles. The van der Waals surface area contributed by atoms with Gasteiger partial charge in [0.05, 0.1) is 17.5 Å². The van der Waals surface area contributed by atoms with Gasteiger partial charge in [0, 0.05) is 25.6 Å². The highest BCUT2D eigenvalue weighted by atomic mass is 32.2. The maximum absolute atomic E-state index is 13.5. The van der Waals surface area contributed by atoms with Crippen molar-refractivity contribution < 1.29 is 31.2 Å². The number of aryl methyl sites for hydroxylation is 1.